The highest BCUT2D eigenvalue weighted by Gasteiger charge is 2.26. The summed E-state index contributed by atoms with van der Waals surface area (Å²) in [4.78, 5) is 11.6. The van der Waals surface area contributed by atoms with Crippen molar-refractivity contribution in [1.29, 1.82) is 0 Å². The van der Waals surface area contributed by atoms with Crippen LogP contribution in [0.4, 0.5) is 0 Å². The second-order valence-corrected chi connectivity index (χ2v) is 4.98. The molecular formula is C15H21NO. The molecular weight excluding hydrogens is 210 g/mol. The summed E-state index contributed by atoms with van der Waals surface area (Å²) in [6.45, 7) is 3.84. The lowest BCUT2D eigenvalue weighted by molar-refractivity contribution is -0.119. The molecule has 1 fully saturated rings. The Balaban J connectivity index is 1.97. The number of benzene rings is 1. The van der Waals surface area contributed by atoms with Crippen LogP contribution in [0, 0.1) is 0 Å². The summed E-state index contributed by atoms with van der Waals surface area (Å²) >= 11 is 0. The molecule has 1 unspecified atom stereocenters. The van der Waals surface area contributed by atoms with E-state index in [0.29, 0.717) is 6.04 Å². The van der Waals surface area contributed by atoms with Crippen LogP contribution in [0.3, 0.4) is 0 Å². The van der Waals surface area contributed by atoms with Crippen LogP contribution >= 0.6 is 0 Å². The van der Waals surface area contributed by atoms with E-state index in [0.717, 1.165) is 12.8 Å². The van der Waals surface area contributed by atoms with Crippen LogP contribution in [0.5, 0.6) is 0 Å². The first-order chi connectivity index (χ1) is 8.19. The maximum atomic E-state index is 11.6. The molecule has 1 aliphatic rings. The minimum absolute atomic E-state index is 0.00465. The van der Waals surface area contributed by atoms with Gasteiger partial charge >= 0.3 is 0 Å². The summed E-state index contributed by atoms with van der Waals surface area (Å²) in [5, 5.41) is 3.42. The Hall–Kier alpha value is -1.15. The first kappa shape index (κ1) is 12.3. The Kier molecular flexibility index (Phi) is 3.95. The van der Waals surface area contributed by atoms with Crippen molar-refractivity contribution in [3.05, 3.63) is 35.4 Å². The van der Waals surface area contributed by atoms with E-state index in [1.165, 1.54) is 24.0 Å². The molecule has 0 aromatic heterocycles. The zero-order valence-corrected chi connectivity index (χ0v) is 10.7. The van der Waals surface area contributed by atoms with E-state index in [4.69, 9.17) is 0 Å². The lowest BCUT2D eigenvalue weighted by Crippen LogP contribution is -2.38. The smallest absolute Gasteiger partial charge is 0.147 e. The molecule has 0 radical (unpaired) electrons. The van der Waals surface area contributed by atoms with Gasteiger partial charge in [-0.3, -0.25) is 4.79 Å². The maximum absolute atomic E-state index is 11.6. The predicted molar refractivity (Wildman–Crippen MR) is 70.2 cm³/mol. The molecule has 1 aromatic carbocycles. The molecule has 0 saturated heterocycles. The van der Waals surface area contributed by atoms with Gasteiger partial charge in [0.1, 0.15) is 5.78 Å². The lowest BCUT2D eigenvalue weighted by atomic mass is 10.0. The van der Waals surface area contributed by atoms with E-state index >= 15 is 0 Å². The quantitative estimate of drug-likeness (QED) is 0.815. The number of Topliss-reactive ketones (excluding diaryl/α,β-unsaturated/α-hetero) is 1. The standard InChI is InChI=1S/C15H21NO/c1-3-12-4-6-13(7-5-12)10-15(11(2)17)16-14-8-9-14/h4-7,14-16H,3,8-10H2,1-2H3. The van der Waals surface area contributed by atoms with Crippen molar-refractivity contribution < 1.29 is 4.79 Å². The first-order valence-electron chi connectivity index (χ1n) is 6.53. The van der Waals surface area contributed by atoms with Crippen LogP contribution in [-0.2, 0) is 17.6 Å². The summed E-state index contributed by atoms with van der Waals surface area (Å²) < 4.78 is 0. The fraction of sp³-hybridized carbons (Fsp3) is 0.533. The van der Waals surface area contributed by atoms with Gasteiger partial charge in [-0.2, -0.15) is 0 Å². The van der Waals surface area contributed by atoms with Crippen LogP contribution in [-0.4, -0.2) is 17.9 Å². The molecule has 0 amide bonds. The van der Waals surface area contributed by atoms with E-state index in [9.17, 15) is 4.79 Å². The minimum atomic E-state index is -0.00465. The van der Waals surface area contributed by atoms with Gasteiger partial charge in [-0.1, -0.05) is 31.2 Å². The highest BCUT2D eigenvalue weighted by molar-refractivity contribution is 5.81. The monoisotopic (exact) mass is 231 g/mol. The van der Waals surface area contributed by atoms with Crippen molar-refractivity contribution in [2.45, 2.75) is 51.6 Å². The first-order valence-corrected chi connectivity index (χ1v) is 6.53. The highest BCUT2D eigenvalue weighted by Crippen LogP contribution is 2.20. The van der Waals surface area contributed by atoms with E-state index in [-0.39, 0.29) is 11.8 Å². The third-order valence-corrected chi connectivity index (χ3v) is 3.38. The lowest BCUT2D eigenvalue weighted by Gasteiger charge is -2.15. The summed E-state index contributed by atoms with van der Waals surface area (Å²) in [7, 11) is 0. The second-order valence-electron chi connectivity index (χ2n) is 4.98. The van der Waals surface area contributed by atoms with E-state index in [1.54, 1.807) is 6.92 Å². The Bertz CT molecular complexity index is 378. The minimum Gasteiger partial charge on any atom is -0.304 e. The molecule has 1 N–H and O–H groups in total. The SMILES string of the molecule is CCc1ccc(CC(NC2CC2)C(C)=O)cc1. The fourth-order valence-electron chi connectivity index (χ4n) is 2.00. The molecule has 92 valence electrons. The zero-order valence-electron chi connectivity index (χ0n) is 10.7. The molecule has 1 atom stereocenters. The van der Waals surface area contributed by atoms with Crippen molar-refractivity contribution in [2.24, 2.45) is 0 Å². The van der Waals surface area contributed by atoms with Crippen LogP contribution in [0.25, 0.3) is 0 Å². The predicted octanol–water partition coefficient (Wildman–Crippen LogP) is 2.50. The van der Waals surface area contributed by atoms with Gasteiger partial charge in [0, 0.05) is 6.04 Å². The molecule has 2 nitrogen and oxygen atoms in total. The number of hydrogen-bond donors (Lipinski definition) is 1. The second kappa shape index (κ2) is 5.46. The molecule has 2 heteroatoms. The van der Waals surface area contributed by atoms with Crippen LogP contribution in [0.2, 0.25) is 0 Å². The van der Waals surface area contributed by atoms with Crippen molar-refractivity contribution in [3.8, 4) is 0 Å². The van der Waals surface area contributed by atoms with Gasteiger partial charge in [0.15, 0.2) is 0 Å². The average Bonchev–Trinajstić information content (AvgIpc) is 3.13. The number of nitrogens with one attached hydrogen (secondary N) is 1. The number of carbonyl (C=O) groups excluding carboxylic acids is 1. The van der Waals surface area contributed by atoms with Gasteiger partial charge in [0.05, 0.1) is 6.04 Å². The van der Waals surface area contributed by atoms with Gasteiger partial charge in [-0.05, 0) is 43.7 Å². The molecule has 2 rings (SSSR count). The third-order valence-electron chi connectivity index (χ3n) is 3.38. The summed E-state index contributed by atoms with van der Waals surface area (Å²) in [6, 6.07) is 9.17. The molecule has 1 aliphatic carbocycles. The number of hydrogen-bond acceptors (Lipinski definition) is 2. The number of carbonyl (C=O) groups is 1. The Morgan fingerprint density at radius 2 is 1.88 bits per heavy atom. The molecule has 0 heterocycles. The summed E-state index contributed by atoms with van der Waals surface area (Å²) in [5.74, 6) is 0.247. The fourth-order valence-corrected chi connectivity index (χ4v) is 2.00. The number of aryl methyl sites for hydroxylation is 1. The topological polar surface area (TPSA) is 29.1 Å². The summed E-state index contributed by atoms with van der Waals surface area (Å²) in [5.41, 5.74) is 2.60. The Labute approximate surface area is 103 Å². The number of rotatable bonds is 6. The molecule has 0 bridgehead atoms. The van der Waals surface area contributed by atoms with Crippen molar-refractivity contribution in [1.82, 2.24) is 5.32 Å². The zero-order chi connectivity index (χ0) is 12.3. The van der Waals surface area contributed by atoms with Crippen LogP contribution < -0.4 is 5.32 Å². The maximum Gasteiger partial charge on any atom is 0.147 e. The Morgan fingerprint density at radius 3 is 2.35 bits per heavy atom. The van der Waals surface area contributed by atoms with Crippen LogP contribution in [0.15, 0.2) is 24.3 Å². The Morgan fingerprint density at radius 1 is 1.29 bits per heavy atom. The van der Waals surface area contributed by atoms with Gasteiger partial charge in [0.2, 0.25) is 0 Å². The largest absolute Gasteiger partial charge is 0.304 e. The van der Waals surface area contributed by atoms with E-state index in [1.807, 2.05) is 0 Å². The third kappa shape index (κ3) is 3.67. The summed E-state index contributed by atoms with van der Waals surface area (Å²) in [6.07, 6.45) is 4.32. The van der Waals surface area contributed by atoms with E-state index < -0.39 is 0 Å². The van der Waals surface area contributed by atoms with E-state index in [2.05, 4.69) is 36.5 Å². The van der Waals surface area contributed by atoms with Gasteiger partial charge in [-0.25, -0.2) is 0 Å². The molecule has 1 aromatic rings. The van der Waals surface area contributed by atoms with Crippen LogP contribution in [0.1, 0.15) is 37.8 Å². The molecule has 17 heavy (non-hydrogen) atoms. The van der Waals surface area contributed by atoms with Crippen molar-refractivity contribution >= 4 is 5.78 Å². The van der Waals surface area contributed by atoms with Gasteiger partial charge in [0.25, 0.3) is 0 Å². The van der Waals surface area contributed by atoms with Crippen molar-refractivity contribution in [3.63, 3.8) is 0 Å². The van der Waals surface area contributed by atoms with Crippen molar-refractivity contribution in [2.75, 3.05) is 0 Å². The molecule has 0 aliphatic heterocycles. The highest BCUT2D eigenvalue weighted by atomic mass is 16.1. The van der Waals surface area contributed by atoms with Gasteiger partial charge < -0.3 is 5.32 Å². The molecule has 1 saturated carbocycles. The average molecular weight is 231 g/mol. The molecule has 0 spiro atoms. The number of ketones is 1. The van der Waals surface area contributed by atoms with Gasteiger partial charge in [-0.15, -0.1) is 0 Å². The normalized spacial score (nSPS) is 16.8.